The van der Waals surface area contributed by atoms with Crippen LogP contribution in [0.5, 0.6) is 0 Å². The van der Waals surface area contributed by atoms with Crippen molar-refractivity contribution in [1.82, 2.24) is 0 Å². The molecule has 0 saturated heterocycles. The molecule has 2 heteroatoms. The van der Waals surface area contributed by atoms with Crippen LogP contribution in [0, 0.1) is 23.5 Å². The Morgan fingerprint density at radius 3 is 2.38 bits per heavy atom. The van der Waals surface area contributed by atoms with Crippen LogP contribution >= 0.6 is 0 Å². The molecule has 1 fully saturated rings. The van der Waals surface area contributed by atoms with Gasteiger partial charge in [-0.1, -0.05) is 69.6 Å². The van der Waals surface area contributed by atoms with Gasteiger partial charge in [-0.3, -0.25) is 0 Å². The SMILES string of the molecule is CCCCC1CCC(CCC2=Cc3ccc(F)c(F)c3CC2)CC1. The van der Waals surface area contributed by atoms with Gasteiger partial charge in [0.1, 0.15) is 0 Å². The zero-order valence-electron chi connectivity index (χ0n) is 14.9. The zero-order valence-corrected chi connectivity index (χ0v) is 14.9. The predicted octanol–water partition coefficient (Wildman–Crippen LogP) is 7.07. The molecular formula is C22H30F2. The molecule has 132 valence electrons. The lowest BCUT2D eigenvalue weighted by atomic mass is 9.77. The molecule has 0 heterocycles. The summed E-state index contributed by atoms with van der Waals surface area (Å²) in [5, 5.41) is 0. The molecule has 0 aliphatic heterocycles. The molecule has 1 saturated carbocycles. The van der Waals surface area contributed by atoms with E-state index in [1.807, 2.05) is 0 Å². The Labute approximate surface area is 145 Å². The Bertz CT molecular complexity index is 580. The molecule has 0 amide bonds. The number of hydrogen-bond acceptors (Lipinski definition) is 0. The molecule has 0 radical (unpaired) electrons. The molecule has 0 atom stereocenters. The highest BCUT2D eigenvalue weighted by Gasteiger charge is 2.22. The van der Waals surface area contributed by atoms with E-state index in [1.165, 1.54) is 63.0 Å². The minimum atomic E-state index is -0.717. The maximum atomic E-state index is 13.8. The maximum absolute atomic E-state index is 13.8. The molecule has 1 aromatic rings. The third-order valence-corrected chi connectivity index (χ3v) is 6.09. The summed E-state index contributed by atoms with van der Waals surface area (Å²) in [5.41, 5.74) is 2.87. The highest BCUT2D eigenvalue weighted by molar-refractivity contribution is 5.59. The third kappa shape index (κ3) is 4.26. The smallest absolute Gasteiger partial charge is 0.162 e. The van der Waals surface area contributed by atoms with E-state index in [2.05, 4.69) is 13.0 Å². The van der Waals surface area contributed by atoms with E-state index < -0.39 is 11.6 Å². The summed E-state index contributed by atoms with van der Waals surface area (Å²) in [6.07, 6.45) is 15.8. The van der Waals surface area contributed by atoms with Crippen molar-refractivity contribution in [3.63, 3.8) is 0 Å². The first-order valence-corrected chi connectivity index (χ1v) is 9.83. The zero-order chi connectivity index (χ0) is 16.9. The first-order chi connectivity index (χ1) is 11.7. The molecule has 3 rings (SSSR count). The fourth-order valence-electron chi connectivity index (χ4n) is 4.46. The van der Waals surface area contributed by atoms with Gasteiger partial charge in [0.25, 0.3) is 0 Å². The Kier molecular flexibility index (Phi) is 6.08. The van der Waals surface area contributed by atoms with Gasteiger partial charge in [0.15, 0.2) is 11.6 Å². The van der Waals surface area contributed by atoms with Gasteiger partial charge >= 0.3 is 0 Å². The van der Waals surface area contributed by atoms with E-state index in [-0.39, 0.29) is 0 Å². The summed E-state index contributed by atoms with van der Waals surface area (Å²) in [6.45, 7) is 2.28. The van der Waals surface area contributed by atoms with Crippen LogP contribution < -0.4 is 0 Å². The Balaban J connectivity index is 1.49. The number of allylic oxidation sites excluding steroid dienone is 1. The fraction of sp³-hybridized carbons (Fsp3) is 0.636. The van der Waals surface area contributed by atoms with Crippen molar-refractivity contribution >= 4 is 6.08 Å². The van der Waals surface area contributed by atoms with Gasteiger partial charge in [0.2, 0.25) is 0 Å². The van der Waals surface area contributed by atoms with Crippen molar-refractivity contribution in [2.75, 3.05) is 0 Å². The molecule has 2 aliphatic carbocycles. The lowest BCUT2D eigenvalue weighted by molar-refractivity contribution is 0.249. The molecule has 0 spiro atoms. The molecule has 1 aromatic carbocycles. The standard InChI is InChI=1S/C22H30F2/c1-2-3-4-16-5-7-17(8-6-16)9-10-18-11-13-20-19(15-18)12-14-21(23)22(20)24/h12,14-17H,2-11,13H2,1H3. The van der Waals surface area contributed by atoms with Gasteiger partial charge < -0.3 is 0 Å². The van der Waals surface area contributed by atoms with E-state index in [0.717, 1.165) is 30.2 Å². The highest BCUT2D eigenvalue weighted by atomic mass is 19.2. The van der Waals surface area contributed by atoms with Gasteiger partial charge in [-0.05, 0) is 54.7 Å². The monoisotopic (exact) mass is 332 g/mol. The van der Waals surface area contributed by atoms with Crippen molar-refractivity contribution in [1.29, 1.82) is 0 Å². The summed E-state index contributed by atoms with van der Waals surface area (Å²) < 4.78 is 27.1. The number of hydrogen-bond donors (Lipinski definition) is 0. The Morgan fingerprint density at radius 1 is 0.958 bits per heavy atom. The van der Waals surface area contributed by atoms with Crippen LogP contribution in [-0.2, 0) is 6.42 Å². The average Bonchev–Trinajstić information content (AvgIpc) is 2.62. The summed E-state index contributed by atoms with van der Waals surface area (Å²) in [7, 11) is 0. The maximum Gasteiger partial charge on any atom is 0.162 e. The molecule has 0 aromatic heterocycles. The van der Waals surface area contributed by atoms with E-state index in [4.69, 9.17) is 0 Å². The van der Waals surface area contributed by atoms with Gasteiger partial charge in [-0.15, -0.1) is 0 Å². The van der Waals surface area contributed by atoms with Crippen molar-refractivity contribution in [3.05, 3.63) is 40.5 Å². The minimum absolute atomic E-state index is 0.565. The summed E-state index contributed by atoms with van der Waals surface area (Å²) >= 11 is 0. The molecule has 0 N–H and O–H groups in total. The van der Waals surface area contributed by atoms with Crippen LogP contribution in [0.1, 0.15) is 82.3 Å². The molecule has 24 heavy (non-hydrogen) atoms. The lowest BCUT2D eigenvalue weighted by Crippen LogP contribution is -2.15. The first-order valence-electron chi connectivity index (χ1n) is 9.83. The molecule has 0 bridgehead atoms. The predicted molar refractivity (Wildman–Crippen MR) is 96.9 cm³/mol. The first kappa shape index (κ1) is 17.6. The van der Waals surface area contributed by atoms with Crippen LogP contribution in [0.2, 0.25) is 0 Å². The normalized spacial score (nSPS) is 23.7. The van der Waals surface area contributed by atoms with Crippen LogP contribution in [-0.4, -0.2) is 0 Å². The second-order valence-electron chi connectivity index (χ2n) is 7.80. The molecular weight excluding hydrogens is 302 g/mol. The number of unbranched alkanes of at least 4 members (excludes halogenated alkanes) is 1. The number of benzene rings is 1. The molecule has 2 aliphatic rings. The van der Waals surface area contributed by atoms with Gasteiger partial charge in [-0.2, -0.15) is 0 Å². The van der Waals surface area contributed by atoms with Crippen LogP contribution in [0.3, 0.4) is 0 Å². The van der Waals surface area contributed by atoms with E-state index >= 15 is 0 Å². The van der Waals surface area contributed by atoms with E-state index in [0.29, 0.717) is 12.0 Å². The minimum Gasteiger partial charge on any atom is -0.204 e. The van der Waals surface area contributed by atoms with Crippen LogP contribution in [0.4, 0.5) is 8.78 Å². The van der Waals surface area contributed by atoms with Crippen LogP contribution in [0.15, 0.2) is 17.7 Å². The molecule has 0 nitrogen and oxygen atoms in total. The Morgan fingerprint density at radius 2 is 1.67 bits per heavy atom. The largest absolute Gasteiger partial charge is 0.204 e. The fourth-order valence-corrected chi connectivity index (χ4v) is 4.46. The summed E-state index contributed by atoms with van der Waals surface area (Å²) in [4.78, 5) is 0. The third-order valence-electron chi connectivity index (χ3n) is 6.09. The molecule has 0 unspecified atom stereocenters. The van der Waals surface area contributed by atoms with Gasteiger partial charge in [0.05, 0.1) is 0 Å². The van der Waals surface area contributed by atoms with E-state index in [9.17, 15) is 8.78 Å². The number of halogens is 2. The number of rotatable bonds is 6. The van der Waals surface area contributed by atoms with E-state index in [1.54, 1.807) is 6.07 Å². The van der Waals surface area contributed by atoms with Crippen LogP contribution in [0.25, 0.3) is 6.08 Å². The second-order valence-corrected chi connectivity index (χ2v) is 7.80. The quantitative estimate of drug-likeness (QED) is 0.522. The van der Waals surface area contributed by atoms with Crippen molar-refractivity contribution in [2.45, 2.75) is 77.6 Å². The highest BCUT2D eigenvalue weighted by Crippen LogP contribution is 2.36. The topological polar surface area (TPSA) is 0 Å². The van der Waals surface area contributed by atoms with Gasteiger partial charge in [0, 0.05) is 0 Å². The summed E-state index contributed by atoms with van der Waals surface area (Å²) in [5.74, 6) is 0.480. The average molecular weight is 332 g/mol. The number of fused-ring (bicyclic) bond motifs is 1. The van der Waals surface area contributed by atoms with Gasteiger partial charge in [-0.25, -0.2) is 8.78 Å². The Hall–Kier alpha value is -1.18. The second kappa shape index (κ2) is 8.27. The lowest BCUT2D eigenvalue weighted by Gasteiger charge is -2.29. The summed E-state index contributed by atoms with van der Waals surface area (Å²) in [6, 6.07) is 2.98. The van der Waals surface area contributed by atoms with Crippen molar-refractivity contribution in [2.24, 2.45) is 11.8 Å². The van der Waals surface area contributed by atoms with Crippen molar-refractivity contribution in [3.8, 4) is 0 Å². The van der Waals surface area contributed by atoms with Crippen molar-refractivity contribution < 1.29 is 8.78 Å².